The molecule has 2 amide bonds. The van der Waals surface area contributed by atoms with Crippen LogP contribution in [0.25, 0.3) is 0 Å². The minimum atomic E-state index is -0.291. The molecule has 3 heterocycles. The number of piperazine rings is 1. The molecule has 1 saturated carbocycles. The van der Waals surface area contributed by atoms with Crippen LogP contribution in [-0.2, 0) is 11.2 Å². The van der Waals surface area contributed by atoms with Crippen LogP contribution in [-0.4, -0.2) is 59.6 Å². The fourth-order valence-corrected chi connectivity index (χ4v) is 6.03. The number of nitrogens with two attached hydrogens (primary N) is 1. The first-order valence-corrected chi connectivity index (χ1v) is 13.7. The lowest BCUT2D eigenvalue weighted by Gasteiger charge is -2.28. The fraction of sp³-hybridized carbons (Fsp3) is 0.400. The summed E-state index contributed by atoms with van der Waals surface area (Å²) in [5.41, 5.74) is 10.5. The number of nitrogens with one attached hydrogen (secondary N) is 2. The first-order valence-electron chi connectivity index (χ1n) is 13.3. The van der Waals surface area contributed by atoms with Crippen molar-refractivity contribution in [3.63, 3.8) is 0 Å². The summed E-state index contributed by atoms with van der Waals surface area (Å²) in [6, 6.07) is 7.51. The molecule has 4 N–H and O–H groups in total. The number of halogens is 1. The molecule has 1 saturated heterocycles. The minimum absolute atomic E-state index is 0.0542. The third-order valence-corrected chi connectivity index (χ3v) is 8.17. The van der Waals surface area contributed by atoms with Crippen LogP contribution in [0.4, 0.5) is 11.4 Å². The Morgan fingerprint density at radius 2 is 1.79 bits per heavy atom. The van der Waals surface area contributed by atoms with Crippen molar-refractivity contribution in [3.8, 4) is 11.8 Å². The summed E-state index contributed by atoms with van der Waals surface area (Å²) in [6.45, 7) is 6.73. The summed E-state index contributed by atoms with van der Waals surface area (Å²) in [7, 11) is 0. The molecule has 0 spiro atoms. The highest BCUT2D eigenvalue weighted by Crippen LogP contribution is 2.47. The summed E-state index contributed by atoms with van der Waals surface area (Å²) in [5.74, 6) is 5.27. The Morgan fingerprint density at radius 3 is 2.46 bits per heavy atom. The van der Waals surface area contributed by atoms with Crippen molar-refractivity contribution in [1.82, 2.24) is 15.2 Å². The second-order valence-electron chi connectivity index (χ2n) is 10.2. The Bertz CT molecular complexity index is 1380. The van der Waals surface area contributed by atoms with Crippen molar-refractivity contribution in [2.24, 2.45) is 28.5 Å². The Hall–Kier alpha value is -3.67. The Labute approximate surface area is 234 Å². The first kappa shape index (κ1) is 26.9. The van der Waals surface area contributed by atoms with Crippen molar-refractivity contribution < 1.29 is 9.59 Å². The van der Waals surface area contributed by atoms with Gasteiger partial charge in [-0.05, 0) is 49.8 Å². The van der Waals surface area contributed by atoms with Crippen molar-refractivity contribution >= 4 is 40.5 Å². The molecule has 2 aromatic rings. The zero-order chi connectivity index (χ0) is 27.5. The van der Waals surface area contributed by atoms with E-state index in [1.807, 2.05) is 43.0 Å². The molecule has 8 nitrogen and oxygen atoms in total. The number of primary amides is 1. The van der Waals surface area contributed by atoms with Crippen LogP contribution in [0.3, 0.4) is 0 Å². The van der Waals surface area contributed by atoms with Crippen LogP contribution in [0.2, 0.25) is 5.02 Å². The number of amides is 2. The molecule has 0 unspecified atom stereocenters. The fourth-order valence-electron chi connectivity index (χ4n) is 5.83. The molecule has 2 aliphatic heterocycles. The Morgan fingerprint density at radius 1 is 1.10 bits per heavy atom. The van der Waals surface area contributed by atoms with E-state index in [-0.39, 0.29) is 35.6 Å². The second-order valence-corrected chi connectivity index (χ2v) is 10.6. The molecule has 1 aromatic carbocycles. The monoisotopic (exact) mass is 544 g/mol. The number of benzene rings is 1. The lowest BCUT2D eigenvalue weighted by atomic mass is 9.88. The van der Waals surface area contributed by atoms with Gasteiger partial charge in [0.25, 0.3) is 5.91 Å². The predicted octanol–water partition coefficient (Wildman–Crippen LogP) is 3.57. The van der Waals surface area contributed by atoms with Gasteiger partial charge >= 0.3 is 0 Å². The minimum Gasteiger partial charge on any atom is -0.378 e. The summed E-state index contributed by atoms with van der Waals surface area (Å²) in [5, 5.41) is 7.26. The number of nitrogens with zero attached hydrogens (tertiary/aromatic N) is 3. The zero-order valence-corrected chi connectivity index (χ0v) is 23.0. The van der Waals surface area contributed by atoms with Gasteiger partial charge in [0.1, 0.15) is 5.69 Å². The lowest BCUT2D eigenvalue weighted by molar-refractivity contribution is -0.122. The maximum atomic E-state index is 12.8. The molecule has 4 aliphatic rings. The van der Waals surface area contributed by atoms with Gasteiger partial charge in [-0.15, -0.1) is 11.8 Å². The number of fused-ring (bicyclic) bond motifs is 3. The van der Waals surface area contributed by atoms with E-state index in [9.17, 15) is 9.59 Å². The average Bonchev–Trinajstić information content (AvgIpc) is 3.70. The Balaban J connectivity index is 0.000000723. The van der Waals surface area contributed by atoms with Gasteiger partial charge in [-0.2, -0.15) is 0 Å². The van der Waals surface area contributed by atoms with Gasteiger partial charge in [0.2, 0.25) is 5.91 Å². The van der Waals surface area contributed by atoms with Gasteiger partial charge in [-0.3, -0.25) is 14.6 Å². The van der Waals surface area contributed by atoms with E-state index >= 15 is 0 Å². The number of pyridine rings is 1. The summed E-state index contributed by atoms with van der Waals surface area (Å²) >= 11 is 6.56. The molecule has 202 valence electrons. The van der Waals surface area contributed by atoms with Crippen LogP contribution >= 0.6 is 11.6 Å². The number of aliphatic imine (C=N–C) groups is 1. The lowest BCUT2D eigenvalue weighted by Crippen LogP contribution is -2.46. The first-order chi connectivity index (χ1) is 18.9. The third kappa shape index (κ3) is 5.42. The smallest absolute Gasteiger partial charge is 0.253 e. The van der Waals surface area contributed by atoms with Crippen LogP contribution in [0, 0.1) is 29.6 Å². The SMILES string of the molecule is CC#CC.NC(=O)[C@@H]1[C@H](Nc2c(Cl)cnc3c2N=C(c2ccc(C(=O)N4CCNCC4)cc2)C3)[C@H]2C=C[C@@H]1C2. The van der Waals surface area contributed by atoms with Gasteiger partial charge in [-0.25, -0.2) is 4.99 Å². The molecule has 0 radical (unpaired) electrons. The van der Waals surface area contributed by atoms with Crippen molar-refractivity contribution in [1.29, 1.82) is 0 Å². The molecule has 1 aromatic heterocycles. The number of aromatic nitrogens is 1. The second kappa shape index (κ2) is 11.6. The zero-order valence-electron chi connectivity index (χ0n) is 22.2. The number of rotatable bonds is 5. The van der Waals surface area contributed by atoms with Crippen LogP contribution < -0.4 is 16.4 Å². The van der Waals surface area contributed by atoms with E-state index in [1.54, 1.807) is 6.20 Å². The molecular formula is C30H33ClN6O2. The third-order valence-electron chi connectivity index (χ3n) is 7.88. The topological polar surface area (TPSA) is 113 Å². The van der Waals surface area contributed by atoms with E-state index in [1.165, 1.54) is 0 Å². The summed E-state index contributed by atoms with van der Waals surface area (Å²) in [6.07, 6.45) is 7.39. The summed E-state index contributed by atoms with van der Waals surface area (Å²) in [4.78, 5) is 36.2. The average molecular weight is 545 g/mol. The highest BCUT2D eigenvalue weighted by molar-refractivity contribution is 6.34. The van der Waals surface area contributed by atoms with Crippen molar-refractivity contribution in [2.45, 2.75) is 32.7 Å². The number of carbonyl (C=O) groups is 2. The predicted molar refractivity (Wildman–Crippen MR) is 154 cm³/mol. The van der Waals surface area contributed by atoms with Gasteiger partial charge in [0.05, 0.1) is 28.0 Å². The molecule has 2 fully saturated rings. The van der Waals surface area contributed by atoms with E-state index < -0.39 is 0 Å². The number of allylic oxidation sites excluding steroid dienone is 1. The van der Waals surface area contributed by atoms with Crippen LogP contribution in [0.5, 0.6) is 0 Å². The van der Waals surface area contributed by atoms with Crippen molar-refractivity contribution in [3.05, 3.63) is 64.5 Å². The molecule has 6 rings (SSSR count). The van der Waals surface area contributed by atoms with Crippen LogP contribution in [0.15, 0.2) is 47.6 Å². The highest BCUT2D eigenvalue weighted by atomic mass is 35.5. The number of hydrogen-bond donors (Lipinski definition) is 3. The van der Waals surface area contributed by atoms with E-state index in [4.69, 9.17) is 22.3 Å². The molecule has 39 heavy (non-hydrogen) atoms. The van der Waals surface area contributed by atoms with Gasteiger partial charge < -0.3 is 21.3 Å². The molecular weight excluding hydrogens is 512 g/mol. The van der Waals surface area contributed by atoms with E-state index in [0.717, 1.165) is 49.6 Å². The van der Waals surface area contributed by atoms with E-state index in [0.29, 0.717) is 28.4 Å². The molecule has 4 atom stereocenters. The normalized spacial score (nSPS) is 24.2. The Kier molecular flexibility index (Phi) is 8.01. The maximum Gasteiger partial charge on any atom is 0.253 e. The molecule has 2 bridgehead atoms. The number of hydrogen-bond acceptors (Lipinski definition) is 6. The molecule has 9 heteroatoms. The van der Waals surface area contributed by atoms with E-state index in [2.05, 4.69) is 39.6 Å². The molecule has 2 aliphatic carbocycles. The van der Waals surface area contributed by atoms with Gasteiger partial charge in [0.15, 0.2) is 0 Å². The van der Waals surface area contributed by atoms with Crippen molar-refractivity contribution in [2.75, 3.05) is 31.5 Å². The maximum absolute atomic E-state index is 12.8. The number of carbonyl (C=O) groups excluding carboxylic acids is 2. The van der Waals surface area contributed by atoms with Crippen LogP contribution in [0.1, 0.15) is 41.9 Å². The standard InChI is InChI=1S/C26H27ClN6O2.C4H6/c27-18-13-30-20-12-19(14-1-3-15(4-2-14)26(35)33-9-7-29-8-10-33)31-24(20)23(18)32-22-17-6-5-16(11-17)21(22)25(28)34;1-3-4-2/h1-6,13,16-17,21-22,29H,7-12H2,(H2,28,34)(H,30,32);1-2H3/t16-,17+,21+,22-;/m1./s1. The largest absolute Gasteiger partial charge is 0.378 e. The number of anilines is 1. The summed E-state index contributed by atoms with van der Waals surface area (Å²) < 4.78 is 0. The van der Waals surface area contributed by atoms with Gasteiger partial charge in [0, 0.05) is 50.4 Å². The van der Waals surface area contributed by atoms with Gasteiger partial charge in [-0.1, -0.05) is 35.9 Å². The highest BCUT2D eigenvalue weighted by Gasteiger charge is 2.48. The quantitative estimate of drug-likeness (QED) is 0.393.